The Hall–Kier alpha value is -1.10. The lowest BCUT2D eigenvalue weighted by molar-refractivity contribution is -0.152. The zero-order valence-electron chi connectivity index (χ0n) is 6.53. The first kappa shape index (κ1) is 9.90. The molecule has 2 atom stereocenters. The number of nitrogens with two attached hydrogens (primary N) is 2. The van der Waals surface area contributed by atoms with Gasteiger partial charge in [-0.3, -0.25) is 9.59 Å². The summed E-state index contributed by atoms with van der Waals surface area (Å²) in [6.07, 6.45) is 0. The van der Waals surface area contributed by atoms with Crippen LogP contribution in [0.15, 0.2) is 0 Å². The predicted molar refractivity (Wildman–Crippen MR) is 37.8 cm³/mol. The topological polar surface area (TPSA) is 95.4 Å². The Morgan fingerprint density at radius 3 is 2.00 bits per heavy atom. The highest BCUT2D eigenvalue weighted by molar-refractivity contribution is 5.83. The standard InChI is InChI=1S/C6H12N2O3/c1-3(5(7)9)4(2)6(10)11-8/h3-4H,8H2,1-2H3,(H2,7,9). The van der Waals surface area contributed by atoms with Crippen LogP contribution in [0.1, 0.15) is 13.8 Å². The first-order chi connectivity index (χ1) is 5.00. The highest BCUT2D eigenvalue weighted by atomic mass is 16.7. The second-order valence-corrected chi connectivity index (χ2v) is 2.42. The summed E-state index contributed by atoms with van der Waals surface area (Å²) < 4.78 is 0. The summed E-state index contributed by atoms with van der Waals surface area (Å²) in [6, 6.07) is 0. The van der Waals surface area contributed by atoms with Gasteiger partial charge in [0.15, 0.2) is 0 Å². The normalized spacial score (nSPS) is 15.2. The first-order valence-corrected chi connectivity index (χ1v) is 3.20. The predicted octanol–water partition coefficient (Wildman–Crippen LogP) is -0.839. The summed E-state index contributed by atoms with van der Waals surface area (Å²) in [5.74, 6) is 2.31. The fraction of sp³-hybridized carbons (Fsp3) is 0.667. The molecule has 5 heteroatoms. The number of rotatable bonds is 3. The minimum Gasteiger partial charge on any atom is -0.373 e. The van der Waals surface area contributed by atoms with Crippen molar-refractivity contribution in [2.45, 2.75) is 13.8 Å². The van der Waals surface area contributed by atoms with Crippen molar-refractivity contribution in [3.05, 3.63) is 0 Å². The number of hydrogen-bond donors (Lipinski definition) is 2. The van der Waals surface area contributed by atoms with E-state index in [4.69, 9.17) is 5.73 Å². The maximum absolute atomic E-state index is 10.7. The third kappa shape index (κ3) is 2.55. The molecule has 2 unspecified atom stereocenters. The van der Waals surface area contributed by atoms with Crippen molar-refractivity contribution >= 4 is 11.9 Å². The zero-order valence-corrected chi connectivity index (χ0v) is 6.53. The molecule has 5 nitrogen and oxygen atoms in total. The molecule has 0 rings (SSSR count). The van der Waals surface area contributed by atoms with Crippen LogP contribution in [0.25, 0.3) is 0 Å². The van der Waals surface area contributed by atoms with E-state index in [-0.39, 0.29) is 0 Å². The molecule has 0 aliphatic heterocycles. The number of hydrogen-bond acceptors (Lipinski definition) is 4. The van der Waals surface area contributed by atoms with E-state index in [0.29, 0.717) is 0 Å². The van der Waals surface area contributed by atoms with Crippen molar-refractivity contribution in [1.82, 2.24) is 0 Å². The Balaban J connectivity index is 4.12. The van der Waals surface area contributed by atoms with Crippen LogP contribution >= 0.6 is 0 Å². The average Bonchev–Trinajstić information content (AvgIpc) is 2.00. The number of amides is 1. The Bertz CT molecular complexity index is 169. The van der Waals surface area contributed by atoms with Crippen molar-refractivity contribution in [2.24, 2.45) is 23.5 Å². The summed E-state index contributed by atoms with van der Waals surface area (Å²) in [5.41, 5.74) is 4.94. The van der Waals surface area contributed by atoms with E-state index in [9.17, 15) is 9.59 Å². The fourth-order valence-electron chi connectivity index (χ4n) is 0.558. The van der Waals surface area contributed by atoms with E-state index in [0.717, 1.165) is 0 Å². The quantitative estimate of drug-likeness (QED) is 0.526. The fourth-order valence-corrected chi connectivity index (χ4v) is 0.558. The molecule has 0 aromatic heterocycles. The van der Waals surface area contributed by atoms with E-state index in [1.165, 1.54) is 6.92 Å². The van der Waals surface area contributed by atoms with Gasteiger partial charge in [-0.15, -0.1) is 0 Å². The second kappa shape index (κ2) is 3.92. The lowest BCUT2D eigenvalue weighted by atomic mass is 9.96. The maximum Gasteiger partial charge on any atom is 0.327 e. The molecule has 0 spiro atoms. The molecule has 0 heterocycles. The van der Waals surface area contributed by atoms with Gasteiger partial charge >= 0.3 is 5.97 Å². The van der Waals surface area contributed by atoms with Crippen LogP contribution in [0.3, 0.4) is 0 Å². The van der Waals surface area contributed by atoms with Crippen LogP contribution in [-0.4, -0.2) is 11.9 Å². The van der Waals surface area contributed by atoms with Crippen molar-refractivity contribution in [3.63, 3.8) is 0 Å². The first-order valence-electron chi connectivity index (χ1n) is 3.20. The van der Waals surface area contributed by atoms with E-state index >= 15 is 0 Å². The molecule has 0 radical (unpaired) electrons. The van der Waals surface area contributed by atoms with Crippen molar-refractivity contribution in [3.8, 4) is 0 Å². The highest BCUT2D eigenvalue weighted by Crippen LogP contribution is 2.10. The molecule has 0 bridgehead atoms. The van der Waals surface area contributed by atoms with Gasteiger partial charge in [0.25, 0.3) is 0 Å². The van der Waals surface area contributed by atoms with E-state index < -0.39 is 23.7 Å². The summed E-state index contributed by atoms with van der Waals surface area (Å²) in [5, 5.41) is 0. The molecule has 0 aromatic carbocycles. The Morgan fingerprint density at radius 2 is 1.73 bits per heavy atom. The third-order valence-corrected chi connectivity index (χ3v) is 1.69. The van der Waals surface area contributed by atoms with Crippen molar-refractivity contribution < 1.29 is 14.4 Å². The van der Waals surface area contributed by atoms with Gasteiger partial charge in [0.05, 0.1) is 5.92 Å². The smallest absolute Gasteiger partial charge is 0.327 e. The molecule has 64 valence electrons. The monoisotopic (exact) mass is 160 g/mol. The molecule has 0 aliphatic rings. The molecule has 0 aromatic rings. The lowest BCUT2D eigenvalue weighted by Crippen LogP contribution is -2.32. The van der Waals surface area contributed by atoms with Gasteiger partial charge in [0.2, 0.25) is 5.91 Å². The molecule has 0 saturated heterocycles. The largest absolute Gasteiger partial charge is 0.373 e. The average molecular weight is 160 g/mol. The van der Waals surface area contributed by atoms with E-state index in [1.807, 2.05) is 0 Å². The molecule has 0 aliphatic carbocycles. The Labute approximate surface area is 64.6 Å². The van der Waals surface area contributed by atoms with Crippen LogP contribution in [0.2, 0.25) is 0 Å². The van der Waals surface area contributed by atoms with Gasteiger partial charge < -0.3 is 10.6 Å². The van der Waals surface area contributed by atoms with Crippen molar-refractivity contribution in [1.29, 1.82) is 0 Å². The molecule has 1 amide bonds. The minimum absolute atomic E-state index is 0.539. The lowest BCUT2D eigenvalue weighted by Gasteiger charge is -2.12. The van der Waals surface area contributed by atoms with Crippen LogP contribution in [0, 0.1) is 11.8 Å². The zero-order chi connectivity index (χ0) is 9.02. The van der Waals surface area contributed by atoms with E-state index in [1.54, 1.807) is 6.92 Å². The third-order valence-electron chi connectivity index (χ3n) is 1.69. The summed E-state index contributed by atoms with van der Waals surface area (Å²) in [7, 11) is 0. The minimum atomic E-state index is -0.628. The maximum atomic E-state index is 10.7. The number of carbonyl (C=O) groups excluding carboxylic acids is 2. The molecular weight excluding hydrogens is 148 g/mol. The SMILES string of the molecule is CC(C(N)=O)C(C)C(=O)ON. The second-order valence-electron chi connectivity index (χ2n) is 2.42. The molecule has 0 fully saturated rings. The van der Waals surface area contributed by atoms with Crippen LogP contribution in [-0.2, 0) is 14.4 Å². The molecular formula is C6H12N2O3. The van der Waals surface area contributed by atoms with E-state index in [2.05, 4.69) is 10.7 Å². The van der Waals surface area contributed by atoms with Gasteiger partial charge in [0.1, 0.15) is 0 Å². The highest BCUT2D eigenvalue weighted by Gasteiger charge is 2.25. The van der Waals surface area contributed by atoms with Gasteiger partial charge in [-0.1, -0.05) is 13.8 Å². The van der Waals surface area contributed by atoms with Gasteiger partial charge in [-0.25, -0.2) is 0 Å². The summed E-state index contributed by atoms with van der Waals surface area (Å²) >= 11 is 0. The number of carbonyl (C=O) groups is 2. The van der Waals surface area contributed by atoms with Crippen molar-refractivity contribution in [2.75, 3.05) is 0 Å². The summed E-state index contributed by atoms with van der Waals surface area (Å²) in [6.45, 7) is 3.08. The van der Waals surface area contributed by atoms with Gasteiger partial charge in [-0.2, -0.15) is 5.90 Å². The summed E-state index contributed by atoms with van der Waals surface area (Å²) in [4.78, 5) is 25.2. The van der Waals surface area contributed by atoms with Crippen LogP contribution in [0.5, 0.6) is 0 Å². The van der Waals surface area contributed by atoms with Gasteiger partial charge in [0, 0.05) is 5.92 Å². The van der Waals surface area contributed by atoms with Gasteiger partial charge in [-0.05, 0) is 0 Å². The Kier molecular flexibility index (Phi) is 3.53. The molecule has 11 heavy (non-hydrogen) atoms. The molecule has 4 N–H and O–H groups in total. The van der Waals surface area contributed by atoms with Crippen LogP contribution in [0.4, 0.5) is 0 Å². The van der Waals surface area contributed by atoms with Crippen LogP contribution < -0.4 is 11.6 Å². The Morgan fingerprint density at radius 1 is 1.27 bits per heavy atom. The molecule has 0 saturated carbocycles. The number of primary amides is 1.